The largest absolute Gasteiger partial charge is 0.347 e. The fraction of sp³-hybridized carbons (Fsp3) is 0.267. The molecule has 1 N–H and O–H groups in total. The number of benzene rings is 1. The second-order valence-corrected chi connectivity index (χ2v) is 7.91. The number of imide groups is 1. The molecule has 2 aliphatic heterocycles. The number of nitrogens with zero attached hydrogens (tertiary/aromatic N) is 3. The van der Waals surface area contributed by atoms with Crippen LogP contribution in [-0.2, 0) is 27.6 Å². The minimum absolute atomic E-state index is 0.141. The number of hydrogen-bond donors (Lipinski definition) is 1. The molecule has 1 atom stereocenters. The Balaban J connectivity index is 1.67. The number of H-pyrrole nitrogens is 1. The number of amides is 3. The second-order valence-electron chi connectivity index (χ2n) is 5.90. The number of fused-ring (bicyclic) bond motifs is 2. The van der Waals surface area contributed by atoms with Gasteiger partial charge in [0.1, 0.15) is 6.04 Å². The Bertz CT molecular complexity index is 910. The molecule has 2 aromatic rings. The Morgan fingerprint density at radius 3 is 2.58 bits per heavy atom. The van der Waals surface area contributed by atoms with E-state index in [4.69, 9.17) is 0 Å². The van der Waals surface area contributed by atoms with Crippen LogP contribution in [0.15, 0.2) is 35.5 Å². The summed E-state index contributed by atoms with van der Waals surface area (Å²) < 4.78 is 23.1. The normalized spacial score (nSPS) is 20.3. The summed E-state index contributed by atoms with van der Waals surface area (Å²) in [6.45, 7) is 0.308. The maximum absolute atomic E-state index is 12.7. The van der Waals surface area contributed by atoms with Gasteiger partial charge in [-0.1, -0.05) is 0 Å². The summed E-state index contributed by atoms with van der Waals surface area (Å²) in [5, 5.41) is 0. The number of rotatable bonds is 2. The Kier molecular flexibility index (Phi) is 3.04. The fourth-order valence-electron chi connectivity index (χ4n) is 3.11. The zero-order valence-electron chi connectivity index (χ0n) is 12.8. The molecule has 0 bridgehead atoms. The molecule has 124 valence electrons. The molecule has 0 saturated carbocycles. The van der Waals surface area contributed by atoms with E-state index in [1.54, 1.807) is 6.33 Å². The number of aromatic nitrogens is 2. The minimum atomic E-state index is -3.33. The van der Waals surface area contributed by atoms with Crippen molar-refractivity contribution in [2.75, 3.05) is 11.2 Å². The highest BCUT2D eigenvalue weighted by atomic mass is 32.2. The quantitative estimate of drug-likeness (QED) is 0.807. The van der Waals surface area contributed by atoms with Crippen molar-refractivity contribution in [2.45, 2.75) is 23.9 Å². The maximum Gasteiger partial charge on any atom is 0.332 e. The van der Waals surface area contributed by atoms with Crippen molar-refractivity contribution in [2.24, 2.45) is 0 Å². The van der Waals surface area contributed by atoms with Gasteiger partial charge in [0.2, 0.25) is 0 Å². The minimum Gasteiger partial charge on any atom is -0.347 e. The van der Waals surface area contributed by atoms with Crippen LogP contribution in [0.1, 0.15) is 11.4 Å². The Labute approximate surface area is 138 Å². The van der Waals surface area contributed by atoms with Crippen LogP contribution in [0.3, 0.4) is 0 Å². The van der Waals surface area contributed by atoms with Crippen molar-refractivity contribution < 1.29 is 18.0 Å². The van der Waals surface area contributed by atoms with Crippen LogP contribution in [0.2, 0.25) is 0 Å². The third-order valence-electron chi connectivity index (χ3n) is 4.36. The van der Waals surface area contributed by atoms with Crippen LogP contribution in [-0.4, -0.2) is 47.5 Å². The number of nitrogens with one attached hydrogen (secondary N) is 1. The molecule has 1 aromatic carbocycles. The maximum atomic E-state index is 12.7. The van der Waals surface area contributed by atoms with Gasteiger partial charge in [-0.2, -0.15) is 0 Å². The van der Waals surface area contributed by atoms with Gasteiger partial charge in [-0.3, -0.25) is 4.79 Å². The third kappa shape index (κ3) is 2.12. The number of anilines is 1. The van der Waals surface area contributed by atoms with Gasteiger partial charge in [-0.05, 0) is 24.3 Å². The summed E-state index contributed by atoms with van der Waals surface area (Å²) in [6, 6.07) is 4.77. The molecule has 0 aliphatic carbocycles. The van der Waals surface area contributed by atoms with Crippen LogP contribution >= 0.6 is 0 Å². The van der Waals surface area contributed by atoms with Gasteiger partial charge in [0.05, 0.1) is 34.8 Å². The summed E-state index contributed by atoms with van der Waals surface area (Å²) in [5.74, 6) is -0.319. The van der Waals surface area contributed by atoms with Crippen LogP contribution in [0.4, 0.5) is 10.5 Å². The molecule has 4 rings (SSSR count). The molecule has 0 spiro atoms. The van der Waals surface area contributed by atoms with E-state index >= 15 is 0 Å². The van der Waals surface area contributed by atoms with E-state index in [1.807, 2.05) is 0 Å². The highest BCUT2D eigenvalue weighted by Gasteiger charge is 2.48. The van der Waals surface area contributed by atoms with Crippen molar-refractivity contribution in [3.05, 3.63) is 42.0 Å². The van der Waals surface area contributed by atoms with Crippen molar-refractivity contribution in [1.29, 1.82) is 0 Å². The van der Waals surface area contributed by atoms with Crippen LogP contribution in [0.25, 0.3) is 0 Å². The lowest BCUT2D eigenvalue weighted by atomic mass is 10.0. The summed E-state index contributed by atoms with van der Waals surface area (Å²) in [7, 11) is -3.33. The third-order valence-corrected chi connectivity index (χ3v) is 5.49. The molecule has 1 fully saturated rings. The molecule has 3 amide bonds. The predicted molar refractivity (Wildman–Crippen MR) is 84.1 cm³/mol. The van der Waals surface area contributed by atoms with E-state index in [0.717, 1.165) is 22.5 Å². The fourth-order valence-corrected chi connectivity index (χ4v) is 3.74. The van der Waals surface area contributed by atoms with Gasteiger partial charge in [0.25, 0.3) is 5.91 Å². The lowest BCUT2D eigenvalue weighted by Crippen LogP contribution is -2.40. The number of imidazole rings is 1. The zero-order valence-corrected chi connectivity index (χ0v) is 13.6. The molecule has 0 radical (unpaired) electrons. The topological polar surface area (TPSA) is 103 Å². The molecule has 3 heterocycles. The van der Waals surface area contributed by atoms with Crippen molar-refractivity contribution in [3.8, 4) is 0 Å². The highest BCUT2D eigenvalue weighted by Crippen LogP contribution is 2.32. The number of urea groups is 1. The average Bonchev–Trinajstić information content (AvgIpc) is 3.09. The molecule has 24 heavy (non-hydrogen) atoms. The number of aromatic amines is 1. The first-order valence-electron chi connectivity index (χ1n) is 7.32. The molecular weight excluding hydrogens is 332 g/mol. The smallest absolute Gasteiger partial charge is 0.332 e. The SMILES string of the molecule is CS(=O)(=O)c1ccc(N2C(=O)C3Cc4nc[nH]c4CN3C2=O)cc1. The Morgan fingerprint density at radius 2 is 1.92 bits per heavy atom. The van der Waals surface area contributed by atoms with E-state index in [2.05, 4.69) is 9.97 Å². The average molecular weight is 346 g/mol. The first kappa shape index (κ1) is 14.9. The standard InChI is InChI=1S/C15H14N4O4S/c1-24(22,23)10-4-2-9(3-5-10)19-14(20)13-6-11-12(17-8-16-11)7-18(13)15(19)21/h2-5,8,13H,6-7H2,1H3,(H,16,17). The molecule has 2 aliphatic rings. The number of carbonyl (C=O) groups is 2. The van der Waals surface area contributed by atoms with Crippen molar-refractivity contribution in [1.82, 2.24) is 14.9 Å². The molecule has 1 aromatic heterocycles. The summed E-state index contributed by atoms with van der Waals surface area (Å²) in [4.78, 5) is 35.2. The zero-order chi connectivity index (χ0) is 17.1. The molecule has 9 heteroatoms. The molecular formula is C15H14N4O4S. The van der Waals surface area contributed by atoms with E-state index in [9.17, 15) is 18.0 Å². The molecule has 1 unspecified atom stereocenters. The van der Waals surface area contributed by atoms with E-state index in [-0.39, 0.29) is 10.8 Å². The summed E-state index contributed by atoms with van der Waals surface area (Å²) in [6.07, 6.45) is 3.04. The number of carbonyl (C=O) groups excluding carboxylic acids is 2. The molecule has 1 saturated heterocycles. The van der Waals surface area contributed by atoms with Gasteiger partial charge in [0.15, 0.2) is 9.84 Å². The van der Waals surface area contributed by atoms with E-state index in [1.165, 1.54) is 29.2 Å². The highest BCUT2D eigenvalue weighted by molar-refractivity contribution is 7.90. The van der Waals surface area contributed by atoms with Crippen molar-refractivity contribution >= 4 is 27.5 Å². The van der Waals surface area contributed by atoms with E-state index < -0.39 is 21.9 Å². The van der Waals surface area contributed by atoms with Crippen LogP contribution in [0.5, 0.6) is 0 Å². The Morgan fingerprint density at radius 1 is 1.21 bits per heavy atom. The summed E-state index contributed by atoms with van der Waals surface area (Å²) >= 11 is 0. The predicted octanol–water partition coefficient (Wildman–Crippen LogP) is 0.707. The first-order chi connectivity index (χ1) is 11.4. The van der Waals surface area contributed by atoms with E-state index in [0.29, 0.717) is 18.7 Å². The summed E-state index contributed by atoms with van der Waals surface area (Å²) in [5.41, 5.74) is 2.00. The lowest BCUT2D eigenvalue weighted by molar-refractivity contribution is -0.120. The van der Waals surface area contributed by atoms with Crippen LogP contribution < -0.4 is 4.90 Å². The van der Waals surface area contributed by atoms with Crippen LogP contribution in [0, 0.1) is 0 Å². The number of hydrogen-bond acceptors (Lipinski definition) is 5. The van der Waals surface area contributed by atoms with Gasteiger partial charge in [0, 0.05) is 12.7 Å². The lowest BCUT2D eigenvalue weighted by Gasteiger charge is -2.25. The van der Waals surface area contributed by atoms with Crippen molar-refractivity contribution in [3.63, 3.8) is 0 Å². The Hall–Kier alpha value is -2.68. The van der Waals surface area contributed by atoms with Gasteiger partial charge >= 0.3 is 6.03 Å². The number of sulfone groups is 1. The van der Waals surface area contributed by atoms with Gasteiger partial charge < -0.3 is 9.88 Å². The molecule has 8 nitrogen and oxygen atoms in total. The van der Waals surface area contributed by atoms with Gasteiger partial charge in [-0.15, -0.1) is 0 Å². The first-order valence-corrected chi connectivity index (χ1v) is 9.21. The second kappa shape index (κ2) is 4.91. The monoisotopic (exact) mass is 346 g/mol. The van der Waals surface area contributed by atoms with Gasteiger partial charge in [-0.25, -0.2) is 23.1 Å².